The Hall–Kier alpha value is -0.610. The number of hydrogen-bond donors (Lipinski definition) is 2. The zero-order valence-corrected chi connectivity index (χ0v) is 9.96. The van der Waals surface area contributed by atoms with Gasteiger partial charge in [0.1, 0.15) is 0 Å². The highest BCUT2D eigenvalue weighted by molar-refractivity contribution is 5.66. The molecule has 0 aromatic heterocycles. The van der Waals surface area contributed by atoms with Crippen molar-refractivity contribution < 1.29 is 9.90 Å². The van der Waals surface area contributed by atoms with Crippen molar-refractivity contribution in [1.29, 1.82) is 0 Å². The number of rotatable bonds is 10. The van der Waals surface area contributed by atoms with Gasteiger partial charge in [0, 0.05) is 19.5 Å². The highest BCUT2D eigenvalue weighted by Crippen LogP contribution is 1.93. The molecule has 0 aromatic rings. The highest BCUT2D eigenvalue weighted by atomic mass is 16.4. The molecule has 2 N–H and O–H groups in total. The lowest BCUT2D eigenvalue weighted by Crippen LogP contribution is -2.32. The van der Waals surface area contributed by atoms with Crippen molar-refractivity contribution in [2.75, 3.05) is 32.7 Å². The Morgan fingerprint density at radius 1 is 1.20 bits per heavy atom. The Kier molecular flexibility index (Phi) is 9.52. The molecule has 0 saturated carbocycles. The Labute approximate surface area is 92.7 Å². The summed E-state index contributed by atoms with van der Waals surface area (Å²) in [5, 5.41) is 11.7. The molecule has 0 aromatic carbocycles. The van der Waals surface area contributed by atoms with Gasteiger partial charge in [0.2, 0.25) is 0 Å². The maximum absolute atomic E-state index is 10.2. The van der Waals surface area contributed by atoms with E-state index in [4.69, 9.17) is 5.11 Å². The van der Waals surface area contributed by atoms with E-state index in [1.54, 1.807) is 0 Å². The van der Waals surface area contributed by atoms with Gasteiger partial charge in [-0.1, -0.05) is 13.8 Å². The zero-order chi connectivity index (χ0) is 11.5. The topological polar surface area (TPSA) is 52.6 Å². The van der Waals surface area contributed by atoms with Crippen LogP contribution in [-0.2, 0) is 4.79 Å². The summed E-state index contributed by atoms with van der Waals surface area (Å²) in [5.74, 6) is -0.696. The molecule has 0 bridgehead atoms. The second-order valence-corrected chi connectivity index (χ2v) is 3.63. The molecule has 0 aliphatic rings. The van der Waals surface area contributed by atoms with Gasteiger partial charge in [0.25, 0.3) is 0 Å². The molecule has 0 saturated heterocycles. The zero-order valence-electron chi connectivity index (χ0n) is 9.96. The van der Waals surface area contributed by atoms with E-state index >= 15 is 0 Å². The molecule has 0 unspecified atom stereocenters. The summed E-state index contributed by atoms with van der Waals surface area (Å²) in [6.45, 7) is 9.51. The first kappa shape index (κ1) is 14.4. The summed E-state index contributed by atoms with van der Waals surface area (Å²) >= 11 is 0. The second kappa shape index (κ2) is 9.93. The van der Waals surface area contributed by atoms with Crippen molar-refractivity contribution in [3.8, 4) is 0 Å². The van der Waals surface area contributed by atoms with Crippen LogP contribution >= 0.6 is 0 Å². The molecule has 0 atom stereocenters. The third-order valence-corrected chi connectivity index (χ3v) is 2.49. The van der Waals surface area contributed by atoms with Gasteiger partial charge in [0.05, 0.1) is 0 Å². The molecular weight excluding hydrogens is 192 g/mol. The minimum Gasteiger partial charge on any atom is -0.481 e. The summed E-state index contributed by atoms with van der Waals surface area (Å²) in [4.78, 5) is 12.6. The minimum atomic E-state index is -0.696. The lowest BCUT2D eigenvalue weighted by Gasteiger charge is -2.17. The van der Waals surface area contributed by atoms with Crippen LogP contribution in [0.15, 0.2) is 0 Å². The number of carboxylic acid groups (broad SMARTS) is 1. The van der Waals surface area contributed by atoms with E-state index in [2.05, 4.69) is 24.1 Å². The van der Waals surface area contributed by atoms with Gasteiger partial charge >= 0.3 is 5.97 Å². The van der Waals surface area contributed by atoms with Gasteiger partial charge in [0.15, 0.2) is 0 Å². The van der Waals surface area contributed by atoms with Crippen molar-refractivity contribution >= 4 is 5.97 Å². The Morgan fingerprint density at radius 3 is 2.40 bits per heavy atom. The number of nitrogens with zero attached hydrogens (tertiary/aromatic N) is 1. The van der Waals surface area contributed by atoms with Crippen LogP contribution in [0.4, 0.5) is 0 Å². The third kappa shape index (κ3) is 9.69. The number of carbonyl (C=O) groups is 1. The van der Waals surface area contributed by atoms with Crippen LogP contribution in [0.1, 0.15) is 33.1 Å². The first-order chi connectivity index (χ1) is 7.20. The first-order valence-electron chi connectivity index (χ1n) is 5.85. The fourth-order valence-electron chi connectivity index (χ4n) is 1.43. The van der Waals surface area contributed by atoms with E-state index in [0.717, 1.165) is 45.6 Å². The molecule has 0 fully saturated rings. The van der Waals surface area contributed by atoms with Crippen molar-refractivity contribution in [3.63, 3.8) is 0 Å². The minimum absolute atomic E-state index is 0.289. The molecule has 0 radical (unpaired) electrons. The summed E-state index contributed by atoms with van der Waals surface area (Å²) in [7, 11) is 0. The molecule has 0 rings (SSSR count). The van der Waals surface area contributed by atoms with Gasteiger partial charge in [-0.25, -0.2) is 0 Å². The molecule has 0 heterocycles. The predicted octanol–water partition coefficient (Wildman–Crippen LogP) is 1.17. The first-order valence-corrected chi connectivity index (χ1v) is 5.85. The molecule has 0 spiro atoms. The van der Waals surface area contributed by atoms with Gasteiger partial charge in [-0.15, -0.1) is 0 Å². The number of aliphatic carboxylic acids is 1. The maximum atomic E-state index is 10.2. The van der Waals surface area contributed by atoms with Crippen molar-refractivity contribution in [1.82, 2.24) is 10.2 Å². The van der Waals surface area contributed by atoms with Crippen LogP contribution in [0.2, 0.25) is 0 Å². The number of likely N-dealkylation sites (N-methyl/N-ethyl adjacent to an activating group) is 1. The van der Waals surface area contributed by atoms with Gasteiger partial charge < -0.3 is 15.3 Å². The smallest absolute Gasteiger partial charge is 0.303 e. The normalized spacial score (nSPS) is 10.9. The van der Waals surface area contributed by atoms with Crippen molar-refractivity contribution in [2.45, 2.75) is 33.1 Å². The number of hydrogen-bond acceptors (Lipinski definition) is 3. The standard InChI is InChI=1S/C11H24N2O2/c1-3-13(4-2)10-9-12-8-6-5-7-11(14)15/h12H,3-10H2,1-2H3,(H,14,15). The summed E-state index contributed by atoms with van der Waals surface area (Å²) in [6, 6.07) is 0. The predicted molar refractivity (Wildman–Crippen MR) is 62.1 cm³/mol. The summed E-state index contributed by atoms with van der Waals surface area (Å²) < 4.78 is 0. The average molecular weight is 216 g/mol. The largest absolute Gasteiger partial charge is 0.481 e. The number of unbranched alkanes of at least 4 members (excludes halogenated alkanes) is 1. The third-order valence-electron chi connectivity index (χ3n) is 2.49. The lowest BCUT2D eigenvalue weighted by molar-refractivity contribution is -0.137. The Morgan fingerprint density at radius 2 is 1.87 bits per heavy atom. The molecule has 0 aliphatic heterocycles. The number of carboxylic acids is 1. The van der Waals surface area contributed by atoms with Crippen molar-refractivity contribution in [3.05, 3.63) is 0 Å². The summed E-state index contributed by atoms with van der Waals surface area (Å²) in [6.07, 6.45) is 2.01. The van der Waals surface area contributed by atoms with Gasteiger partial charge in [-0.05, 0) is 32.5 Å². The molecule has 0 amide bonds. The van der Waals surface area contributed by atoms with E-state index in [1.165, 1.54) is 0 Å². The monoisotopic (exact) mass is 216 g/mol. The fraction of sp³-hybridized carbons (Fsp3) is 0.909. The molecule has 15 heavy (non-hydrogen) atoms. The van der Waals surface area contributed by atoms with Crippen LogP contribution < -0.4 is 5.32 Å². The van der Waals surface area contributed by atoms with Crippen LogP contribution in [0.3, 0.4) is 0 Å². The van der Waals surface area contributed by atoms with E-state index < -0.39 is 5.97 Å². The van der Waals surface area contributed by atoms with E-state index in [9.17, 15) is 4.79 Å². The van der Waals surface area contributed by atoms with Crippen LogP contribution in [0.5, 0.6) is 0 Å². The average Bonchev–Trinajstić information content (AvgIpc) is 2.22. The maximum Gasteiger partial charge on any atom is 0.303 e. The second-order valence-electron chi connectivity index (χ2n) is 3.63. The van der Waals surface area contributed by atoms with Crippen LogP contribution in [0, 0.1) is 0 Å². The Balaban J connectivity index is 3.14. The quantitative estimate of drug-likeness (QED) is 0.538. The van der Waals surface area contributed by atoms with Gasteiger partial charge in [-0.3, -0.25) is 4.79 Å². The highest BCUT2D eigenvalue weighted by Gasteiger charge is 1.98. The molecule has 0 aliphatic carbocycles. The lowest BCUT2D eigenvalue weighted by atomic mass is 10.2. The molecule has 90 valence electrons. The summed E-state index contributed by atoms with van der Waals surface area (Å²) in [5.41, 5.74) is 0. The Bertz CT molecular complexity index is 159. The molecular formula is C11H24N2O2. The van der Waals surface area contributed by atoms with E-state index in [-0.39, 0.29) is 6.42 Å². The van der Waals surface area contributed by atoms with Crippen molar-refractivity contribution in [2.24, 2.45) is 0 Å². The van der Waals surface area contributed by atoms with E-state index in [1.807, 2.05) is 0 Å². The fourth-order valence-corrected chi connectivity index (χ4v) is 1.43. The van der Waals surface area contributed by atoms with Gasteiger partial charge in [-0.2, -0.15) is 0 Å². The molecule has 4 heteroatoms. The van der Waals surface area contributed by atoms with Crippen LogP contribution in [-0.4, -0.2) is 48.7 Å². The number of nitrogens with one attached hydrogen (secondary N) is 1. The van der Waals surface area contributed by atoms with E-state index in [0.29, 0.717) is 0 Å². The molecule has 4 nitrogen and oxygen atoms in total. The van der Waals surface area contributed by atoms with Crippen LogP contribution in [0.25, 0.3) is 0 Å². The SMILES string of the molecule is CCN(CC)CCNCCCCC(=O)O.